The van der Waals surface area contributed by atoms with Gasteiger partial charge < -0.3 is 36.2 Å². The highest BCUT2D eigenvalue weighted by atomic mass is 16.9. The van der Waals surface area contributed by atoms with E-state index >= 15 is 0 Å². The topological polar surface area (TPSA) is 174 Å². The van der Waals surface area contributed by atoms with Gasteiger partial charge in [0.15, 0.2) is 0 Å². The molecule has 0 saturated heterocycles. The molecule has 0 aliphatic heterocycles. The highest BCUT2D eigenvalue weighted by Crippen LogP contribution is 2.22. The number of rotatable bonds is 5. The fourth-order valence-corrected chi connectivity index (χ4v) is 0.982. The Bertz CT molecular complexity index is 266. The number of nitrogens with two attached hydrogens (primary N) is 3. The summed E-state index contributed by atoms with van der Waals surface area (Å²) in [5, 5.41) is 0. The maximum absolute atomic E-state index is 10.6. The van der Waals surface area contributed by atoms with Crippen LogP contribution in [0.3, 0.4) is 0 Å². The molecule has 18 heavy (non-hydrogen) atoms. The third kappa shape index (κ3) is 7.73. The summed E-state index contributed by atoms with van der Waals surface area (Å²) in [6, 6.07) is 0. The summed E-state index contributed by atoms with van der Waals surface area (Å²) in [6.45, 7) is 3.65. The summed E-state index contributed by atoms with van der Waals surface area (Å²) in [4.78, 5) is 39.8. The van der Waals surface area contributed by atoms with Gasteiger partial charge in [-0.1, -0.05) is 6.92 Å². The minimum atomic E-state index is -2.31. The molecule has 0 unspecified atom stereocenters. The van der Waals surface area contributed by atoms with E-state index in [1.165, 1.54) is 0 Å². The Morgan fingerprint density at radius 2 is 1.22 bits per heavy atom. The average Bonchev–Trinajstić information content (AvgIpc) is 2.16. The van der Waals surface area contributed by atoms with E-state index in [2.05, 4.69) is 14.2 Å². The summed E-state index contributed by atoms with van der Waals surface area (Å²) >= 11 is 0. The molecule has 3 amide bonds. The van der Waals surface area contributed by atoms with E-state index in [0.717, 1.165) is 0 Å². The van der Waals surface area contributed by atoms with Gasteiger partial charge in [0.25, 0.3) is 0 Å². The Hall–Kier alpha value is -2.52. The van der Waals surface area contributed by atoms with E-state index < -0.39 is 24.3 Å². The lowest BCUT2D eigenvalue weighted by Gasteiger charge is -2.28. The van der Waals surface area contributed by atoms with Gasteiger partial charge in [0.1, 0.15) is 6.79 Å². The van der Waals surface area contributed by atoms with Crippen molar-refractivity contribution in [3.63, 3.8) is 0 Å². The molecule has 0 fully saturated rings. The van der Waals surface area contributed by atoms with E-state index in [1.807, 2.05) is 6.79 Å². The highest BCUT2D eigenvalue weighted by Gasteiger charge is 2.41. The third-order valence-corrected chi connectivity index (χ3v) is 1.32. The van der Waals surface area contributed by atoms with Gasteiger partial charge in [-0.05, 0) is 6.42 Å². The van der Waals surface area contributed by atoms with E-state index in [4.69, 9.17) is 22.0 Å². The van der Waals surface area contributed by atoms with Crippen molar-refractivity contribution in [3.8, 4) is 0 Å². The van der Waals surface area contributed by atoms with Crippen molar-refractivity contribution in [1.82, 2.24) is 0 Å². The number of hydrogen-bond donors (Lipinski definition) is 3. The predicted molar refractivity (Wildman–Crippen MR) is 56.8 cm³/mol. The van der Waals surface area contributed by atoms with Crippen LogP contribution in [0.4, 0.5) is 14.4 Å². The van der Waals surface area contributed by atoms with E-state index in [0.29, 0.717) is 6.42 Å². The molecule has 0 aliphatic carbocycles. The first-order chi connectivity index (χ1) is 8.31. The standard InChI is InChI=1S/C7H13N3O6.CH2O/c1-2-3-7(14-4(8)11,15-5(9)12)16-6(10)13;1-2/h2-3H2,1H3,(H2,8,11)(H2,9,12)(H2,10,13);1H2. The Balaban J connectivity index is 0. The SMILES string of the molecule is C=O.CCCC(OC(N)=O)(OC(N)=O)OC(N)=O. The number of carbonyl (C=O) groups excluding carboxylic acids is 4. The Labute approximate surface area is 102 Å². The van der Waals surface area contributed by atoms with Crippen LogP contribution in [0, 0.1) is 0 Å². The average molecular weight is 265 g/mol. The van der Waals surface area contributed by atoms with Crippen molar-refractivity contribution in [2.45, 2.75) is 25.7 Å². The molecule has 0 spiro atoms. The van der Waals surface area contributed by atoms with Crippen LogP contribution in [0.25, 0.3) is 0 Å². The van der Waals surface area contributed by atoms with Crippen molar-refractivity contribution in [2.24, 2.45) is 17.2 Å². The second kappa shape index (κ2) is 8.61. The molecular formula is C8H15N3O7. The zero-order valence-corrected chi connectivity index (χ0v) is 9.71. The van der Waals surface area contributed by atoms with Gasteiger partial charge in [-0.2, -0.15) is 0 Å². The molecule has 10 nitrogen and oxygen atoms in total. The first kappa shape index (κ1) is 17.9. The van der Waals surface area contributed by atoms with Crippen LogP contribution in [0.2, 0.25) is 0 Å². The second-order valence-corrected chi connectivity index (χ2v) is 2.70. The van der Waals surface area contributed by atoms with Gasteiger partial charge in [-0.15, -0.1) is 0 Å². The van der Waals surface area contributed by atoms with E-state index in [1.54, 1.807) is 6.92 Å². The molecule has 10 heteroatoms. The maximum Gasteiger partial charge on any atom is 0.427 e. The zero-order valence-electron chi connectivity index (χ0n) is 9.71. The van der Waals surface area contributed by atoms with Crippen molar-refractivity contribution in [2.75, 3.05) is 0 Å². The number of carbonyl (C=O) groups is 4. The van der Waals surface area contributed by atoms with Crippen molar-refractivity contribution < 1.29 is 33.4 Å². The zero-order chi connectivity index (χ0) is 14.8. The smallest absolute Gasteiger partial charge is 0.371 e. The molecule has 0 heterocycles. The number of amides is 3. The Morgan fingerprint density at radius 1 is 0.944 bits per heavy atom. The van der Waals surface area contributed by atoms with Gasteiger partial charge in [-0.25, -0.2) is 14.4 Å². The van der Waals surface area contributed by atoms with E-state index in [9.17, 15) is 14.4 Å². The molecule has 104 valence electrons. The molecule has 0 bridgehead atoms. The monoisotopic (exact) mass is 265 g/mol. The summed E-state index contributed by atoms with van der Waals surface area (Å²) in [7, 11) is 0. The maximum atomic E-state index is 10.6. The van der Waals surface area contributed by atoms with Crippen LogP contribution >= 0.6 is 0 Å². The molecule has 0 radical (unpaired) electrons. The Morgan fingerprint density at radius 3 is 1.39 bits per heavy atom. The van der Waals surface area contributed by atoms with E-state index in [-0.39, 0.29) is 6.42 Å². The van der Waals surface area contributed by atoms with Gasteiger partial charge in [0.2, 0.25) is 0 Å². The number of ether oxygens (including phenoxy) is 3. The lowest BCUT2D eigenvalue weighted by molar-refractivity contribution is -0.299. The number of primary amides is 3. The second-order valence-electron chi connectivity index (χ2n) is 2.70. The van der Waals surface area contributed by atoms with Crippen molar-refractivity contribution >= 4 is 25.1 Å². The molecule has 0 aliphatic rings. The fourth-order valence-electron chi connectivity index (χ4n) is 0.982. The van der Waals surface area contributed by atoms with Crippen molar-refractivity contribution in [1.29, 1.82) is 0 Å². The van der Waals surface area contributed by atoms with Crippen LogP contribution < -0.4 is 17.2 Å². The summed E-state index contributed by atoms with van der Waals surface area (Å²) in [5.41, 5.74) is 14.2. The molecular weight excluding hydrogens is 250 g/mol. The predicted octanol–water partition coefficient (Wildman–Crippen LogP) is -0.459. The number of hydrogen-bond acceptors (Lipinski definition) is 7. The molecule has 0 aromatic rings. The normalized spacial score (nSPS) is 9.39. The molecule has 0 saturated carbocycles. The lowest BCUT2D eigenvalue weighted by Crippen LogP contribution is -2.47. The minimum absolute atomic E-state index is 0.151. The van der Waals surface area contributed by atoms with Crippen molar-refractivity contribution in [3.05, 3.63) is 0 Å². The minimum Gasteiger partial charge on any atom is -0.371 e. The summed E-state index contributed by atoms with van der Waals surface area (Å²) in [5.74, 6) is -2.31. The Kier molecular flexibility index (Phi) is 8.55. The quantitative estimate of drug-likeness (QED) is 0.563. The van der Waals surface area contributed by atoms with Gasteiger partial charge >= 0.3 is 24.3 Å². The van der Waals surface area contributed by atoms with Crippen LogP contribution in [0.5, 0.6) is 0 Å². The lowest BCUT2D eigenvalue weighted by atomic mass is 10.3. The van der Waals surface area contributed by atoms with Crippen LogP contribution in [0.15, 0.2) is 0 Å². The molecule has 0 rings (SSSR count). The molecule has 6 N–H and O–H groups in total. The molecule has 0 atom stereocenters. The fraction of sp³-hybridized carbons (Fsp3) is 0.500. The third-order valence-electron chi connectivity index (χ3n) is 1.32. The summed E-state index contributed by atoms with van der Waals surface area (Å²) in [6.07, 6.45) is -3.74. The van der Waals surface area contributed by atoms with Crippen LogP contribution in [-0.4, -0.2) is 31.0 Å². The largest absolute Gasteiger partial charge is 0.427 e. The molecule has 0 aromatic heterocycles. The van der Waals surface area contributed by atoms with Gasteiger partial charge in [0, 0.05) is 0 Å². The first-order valence-corrected chi connectivity index (χ1v) is 4.55. The summed E-state index contributed by atoms with van der Waals surface area (Å²) < 4.78 is 13.2. The molecule has 0 aromatic carbocycles. The van der Waals surface area contributed by atoms with Gasteiger partial charge in [-0.3, -0.25) is 0 Å². The van der Waals surface area contributed by atoms with Crippen LogP contribution in [-0.2, 0) is 19.0 Å². The van der Waals surface area contributed by atoms with Gasteiger partial charge in [0.05, 0.1) is 6.42 Å². The highest BCUT2D eigenvalue weighted by molar-refractivity contribution is 5.69. The first-order valence-electron chi connectivity index (χ1n) is 4.55. The van der Waals surface area contributed by atoms with Crippen LogP contribution in [0.1, 0.15) is 19.8 Å².